The largest absolute Gasteiger partial charge is 0.507 e. The molecule has 0 fully saturated rings. The summed E-state index contributed by atoms with van der Waals surface area (Å²) in [4.78, 5) is 15.0. The van der Waals surface area contributed by atoms with E-state index in [2.05, 4.69) is 4.90 Å². The third-order valence-electron chi connectivity index (χ3n) is 4.66. The van der Waals surface area contributed by atoms with Crippen LogP contribution in [0.1, 0.15) is 40.9 Å². The molecule has 26 heavy (non-hydrogen) atoms. The zero-order valence-corrected chi connectivity index (χ0v) is 15.2. The monoisotopic (exact) mass is 355 g/mol. The van der Waals surface area contributed by atoms with Crippen LogP contribution < -0.4 is 4.74 Å². The van der Waals surface area contributed by atoms with Crippen LogP contribution in [0.2, 0.25) is 0 Å². The number of aryl methyl sites for hydroxylation is 1. The number of aromatic hydroxyl groups is 1. The van der Waals surface area contributed by atoms with Gasteiger partial charge in [-0.2, -0.15) is 0 Å². The molecule has 0 saturated carbocycles. The van der Waals surface area contributed by atoms with Crippen molar-refractivity contribution in [3.8, 4) is 11.5 Å². The molecule has 5 heteroatoms. The van der Waals surface area contributed by atoms with Crippen molar-refractivity contribution in [1.82, 2.24) is 4.90 Å². The molecular formula is C21H22FNO3. The highest BCUT2D eigenvalue weighted by Gasteiger charge is 2.33. The van der Waals surface area contributed by atoms with Crippen molar-refractivity contribution < 1.29 is 19.0 Å². The van der Waals surface area contributed by atoms with Crippen molar-refractivity contribution in [2.24, 2.45) is 0 Å². The highest BCUT2D eigenvalue weighted by Crippen LogP contribution is 2.42. The van der Waals surface area contributed by atoms with Crippen LogP contribution in [0.25, 0.3) is 6.08 Å². The van der Waals surface area contributed by atoms with Crippen molar-refractivity contribution in [1.29, 1.82) is 0 Å². The lowest BCUT2D eigenvalue weighted by molar-refractivity contribution is 0.101. The van der Waals surface area contributed by atoms with Crippen LogP contribution >= 0.6 is 0 Å². The SMILES string of the molecule is CCN(CC)Cc1c(O)cc(C)c2c1O/C(=C\c1ccc(F)cc1)C2=O. The number of halogens is 1. The van der Waals surface area contributed by atoms with E-state index in [0.717, 1.165) is 13.1 Å². The zero-order valence-electron chi connectivity index (χ0n) is 15.2. The van der Waals surface area contributed by atoms with Gasteiger partial charge < -0.3 is 9.84 Å². The molecule has 2 aromatic rings. The summed E-state index contributed by atoms with van der Waals surface area (Å²) in [5.41, 5.74) is 2.45. The summed E-state index contributed by atoms with van der Waals surface area (Å²) in [6.45, 7) is 8.01. The van der Waals surface area contributed by atoms with Gasteiger partial charge in [-0.25, -0.2) is 4.39 Å². The normalized spacial score (nSPS) is 14.8. The number of hydrogen-bond donors (Lipinski definition) is 1. The fourth-order valence-corrected chi connectivity index (χ4v) is 3.11. The van der Waals surface area contributed by atoms with E-state index >= 15 is 0 Å². The van der Waals surface area contributed by atoms with E-state index in [-0.39, 0.29) is 23.1 Å². The highest BCUT2D eigenvalue weighted by atomic mass is 19.1. The summed E-state index contributed by atoms with van der Waals surface area (Å²) in [6, 6.07) is 7.45. The second-order valence-corrected chi connectivity index (χ2v) is 6.35. The third-order valence-corrected chi connectivity index (χ3v) is 4.66. The number of Topliss-reactive ketones (excluding diaryl/α,β-unsaturated/α-hetero) is 1. The molecule has 0 saturated heterocycles. The molecular weight excluding hydrogens is 333 g/mol. The molecule has 0 atom stereocenters. The third kappa shape index (κ3) is 3.35. The van der Waals surface area contributed by atoms with E-state index in [9.17, 15) is 14.3 Å². The highest BCUT2D eigenvalue weighted by molar-refractivity contribution is 6.15. The number of carbonyl (C=O) groups is 1. The summed E-state index contributed by atoms with van der Waals surface area (Å²) in [6.07, 6.45) is 1.60. The van der Waals surface area contributed by atoms with Gasteiger partial charge in [-0.3, -0.25) is 9.69 Å². The van der Waals surface area contributed by atoms with Gasteiger partial charge in [0.25, 0.3) is 0 Å². The zero-order chi connectivity index (χ0) is 18.8. The number of allylic oxidation sites excluding steroid dienone is 1. The lowest BCUT2D eigenvalue weighted by Crippen LogP contribution is -2.22. The predicted octanol–water partition coefficient (Wildman–Crippen LogP) is 4.30. The Morgan fingerprint density at radius 1 is 1.19 bits per heavy atom. The molecule has 1 aliphatic heterocycles. The number of phenolic OH excluding ortho intramolecular Hbond substituents is 1. The first kappa shape index (κ1) is 18.1. The van der Waals surface area contributed by atoms with Gasteiger partial charge in [0, 0.05) is 6.54 Å². The molecule has 136 valence electrons. The molecule has 0 unspecified atom stereocenters. The van der Waals surface area contributed by atoms with E-state index < -0.39 is 0 Å². The van der Waals surface area contributed by atoms with E-state index in [4.69, 9.17) is 4.74 Å². The maximum Gasteiger partial charge on any atom is 0.232 e. The van der Waals surface area contributed by atoms with Gasteiger partial charge in [-0.1, -0.05) is 26.0 Å². The molecule has 0 bridgehead atoms. The van der Waals surface area contributed by atoms with Crippen LogP contribution in [0.15, 0.2) is 36.1 Å². The molecule has 0 spiro atoms. The molecule has 0 amide bonds. The van der Waals surface area contributed by atoms with Gasteiger partial charge in [0.1, 0.15) is 17.3 Å². The summed E-state index contributed by atoms with van der Waals surface area (Å²) in [7, 11) is 0. The number of fused-ring (bicyclic) bond motifs is 1. The summed E-state index contributed by atoms with van der Waals surface area (Å²) in [5.74, 6) is 0.178. The molecule has 4 nitrogen and oxygen atoms in total. The second-order valence-electron chi connectivity index (χ2n) is 6.35. The Bertz CT molecular complexity index is 868. The minimum Gasteiger partial charge on any atom is -0.507 e. The van der Waals surface area contributed by atoms with Crippen molar-refractivity contribution in [3.63, 3.8) is 0 Å². The van der Waals surface area contributed by atoms with Gasteiger partial charge >= 0.3 is 0 Å². The average molecular weight is 355 g/mol. The number of rotatable bonds is 5. The van der Waals surface area contributed by atoms with Gasteiger partial charge in [-0.05, 0) is 55.4 Å². The van der Waals surface area contributed by atoms with Gasteiger partial charge in [0.05, 0.1) is 11.1 Å². The lowest BCUT2D eigenvalue weighted by Gasteiger charge is -2.20. The van der Waals surface area contributed by atoms with E-state index in [1.807, 2.05) is 13.8 Å². The maximum atomic E-state index is 13.1. The van der Waals surface area contributed by atoms with Crippen molar-refractivity contribution >= 4 is 11.9 Å². The van der Waals surface area contributed by atoms with Crippen LogP contribution in [-0.4, -0.2) is 28.9 Å². The van der Waals surface area contributed by atoms with Crippen LogP contribution in [-0.2, 0) is 6.54 Å². The molecule has 1 N–H and O–H groups in total. The number of ketones is 1. The Hall–Kier alpha value is -2.66. The Morgan fingerprint density at radius 3 is 2.46 bits per heavy atom. The summed E-state index contributed by atoms with van der Waals surface area (Å²) >= 11 is 0. The van der Waals surface area contributed by atoms with Crippen molar-refractivity contribution in [3.05, 3.63) is 64.2 Å². The Balaban J connectivity index is 2.02. The van der Waals surface area contributed by atoms with Gasteiger partial charge in [0.2, 0.25) is 5.78 Å². The first-order valence-electron chi connectivity index (χ1n) is 8.72. The van der Waals surface area contributed by atoms with E-state index in [1.54, 1.807) is 31.2 Å². The number of ether oxygens (including phenoxy) is 1. The van der Waals surface area contributed by atoms with E-state index in [0.29, 0.717) is 34.5 Å². The number of nitrogens with zero attached hydrogens (tertiary/aromatic N) is 1. The summed E-state index contributed by atoms with van der Waals surface area (Å²) in [5, 5.41) is 10.4. The molecule has 3 rings (SSSR count). The fourth-order valence-electron chi connectivity index (χ4n) is 3.11. The van der Waals surface area contributed by atoms with Crippen LogP contribution in [0.5, 0.6) is 11.5 Å². The van der Waals surface area contributed by atoms with Crippen LogP contribution in [0.3, 0.4) is 0 Å². The standard InChI is InChI=1S/C21H22FNO3/c1-4-23(5-2)12-16-17(24)10-13(3)19-20(25)18(26-21(16)19)11-14-6-8-15(22)9-7-14/h6-11,24H,4-5,12H2,1-3H3/b18-11-. The van der Waals surface area contributed by atoms with Gasteiger partial charge in [0.15, 0.2) is 5.76 Å². The van der Waals surface area contributed by atoms with Crippen LogP contribution in [0.4, 0.5) is 4.39 Å². The fraction of sp³-hybridized carbons (Fsp3) is 0.286. The predicted molar refractivity (Wildman–Crippen MR) is 98.8 cm³/mol. The van der Waals surface area contributed by atoms with Crippen molar-refractivity contribution in [2.45, 2.75) is 27.3 Å². The minimum atomic E-state index is -0.337. The second kappa shape index (κ2) is 7.30. The molecule has 1 aliphatic rings. The Kier molecular flexibility index (Phi) is 5.09. The quantitative estimate of drug-likeness (QED) is 0.813. The Labute approximate surface area is 152 Å². The van der Waals surface area contributed by atoms with Crippen molar-refractivity contribution in [2.75, 3.05) is 13.1 Å². The number of hydrogen-bond acceptors (Lipinski definition) is 4. The Morgan fingerprint density at radius 2 is 1.85 bits per heavy atom. The molecule has 0 radical (unpaired) electrons. The summed E-state index contributed by atoms with van der Waals surface area (Å²) < 4.78 is 18.9. The minimum absolute atomic E-state index is 0.129. The topological polar surface area (TPSA) is 49.8 Å². The molecule has 2 aromatic carbocycles. The maximum absolute atomic E-state index is 13.1. The molecule has 0 aromatic heterocycles. The van der Waals surface area contributed by atoms with Gasteiger partial charge in [-0.15, -0.1) is 0 Å². The first-order valence-corrected chi connectivity index (χ1v) is 8.72. The number of phenols is 1. The number of carbonyl (C=O) groups excluding carboxylic acids is 1. The first-order chi connectivity index (χ1) is 12.4. The average Bonchev–Trinajstić information content (AvgIpc) is 2.94. The molecule has 1 heterocycles. The number of benzene rings is 2. The van der Waals surface area contributed by atoms with Crippen LogP contribution in [0, 0.1) is 12.7 Å². The lowest BCUT2D eigenvalue weighted by atomic mass is 9.99. The van der Waals surface area contributed by atoms with E-state index in [1.165, 1.54) is 12.1 Å². The molecule has 0 aliphatic carbocycles. The smallest absolute Gasteiger partial charge is 0.232 e.